The zero-order valence-electron chi connectivity index (χ0n) is 6.42. The second-order valence-electron chi connectivity index (χ2n) is 2.45. The summed E-state index contributed by atoms with van der Waals surface area (Å²) in [7, 11) is 0. The number of aromatic nitrogens is 2. The number of aliphatic hydroxyl groups is 2. The Bertz CT molecular complexity index is 259. The Labute approximate surface area is 69.3 Å². The molecule has 0 aliphatic rings. The van der Waals surface area contributed by atoms with E-state index in [2.05, 4.69) is 4.98 Å². The molecule has 0 aliphatic heterocycles. The summed E-state index contributed by atoms with van der Waals surface area (Å²) in [5.41, 5.74) is 0.320. The summed E-state index contributed by atoms with van der Waals surface area (Å²) in [4.78, 5) is 13.9. The highest BCUT2D eigenvalue weighted by Crippen LogP contribution is 1.94. The van der Waals surface area contributed by atoms with Gasteiger partial charge in [0.2, 0.25) is 0 Å². The van der Waals surface area contributed by atoms with E-state index in [1.807, 2.05) is 0 Å². The number of aliphatic hydroxyl groups excluding tert-OH is 2. The van der Waals surface area contributed by atoms with Crippen LogP contribution in [0.4, 0.5) is 0 Å². The molecule has 5 nitrogen and oxygen atoms in total. The zero-order chi connectivity index (χ0) is 8.97. The van der Waals surface area contributed by atoms with Crippen molar-refractivity contribution in [1.29, 1.82) is 0 Å². The summed E-state index contributed by atoms with van der Waals surface area (Å²) in [6, 6.07) is 0. The first-order valence-electron chi connectivity index (χ1n) is 3.52. The second-order valence-corrected chi connectivity index (χ2v) is 2.45. The van der Waals surface area contributed by atoms with E-state index in [1.165, 1.54) is 12.5 Å². The van der Waals surface area contributed by atoms with E-state index in [1.54, 1.807) is 4.57 Å². The molecule has 66 valence electrons. The zero-order valence-corrected chi connectivity index (χ0v) is 6.42. The number of rotatable bonds is 4. The standard InChI is InChI=1S/C7H10N2O3/c10-3-6-1-9(5-8-6)2-7(12)4-11/h1,3,5,7,11-12H,2,4H2. The minimum Gasteiger partial charge on any atom is -0.394 e. The highest BCUT2D eigenvalue weighted by molar-refractivity contribution is 5.70. The van der Waals surface area contributed by atoms with E-state index in [4.69, 9.17) is 10.2 Å². The molecule has 0 spiro atoms. The van der Waals surface area contributed by atoms with Gasteiger partial charge in [-0.2, -0.15) is 0 Å². The molecule has 1 aromatic heterocycles. The first-order chi connectivity index (χ1) is 5.76. The maximum atomic E-state index is 10.2. The maximum absolute atomic E-state index is 10.2. The first-order valence-corrected chi connectivity index (χ1v) is 3.52. The van der Waals surface area contributed by atoms with Gasteiger partial charge in [-0.15, -0.1) is 0 Å². The van der Waals surface area contributed by atoms with Crippen LogP contribution in [-0.2, 0) is 6.54 Å². The summed E-state index contributed by atoms with van der Waals surface area (Å²) in [6.07, 6.45) is 2.76. The van der Waals surface area contributed by atoms with Gasteiger partial charge in [0.25, 0.3) is 0 Å². The number of nitrogens with zero attached hydrogens (tertiary/aromatic N) is 2. The lowest BCUT2D eigenvalue weighted by molar-refractivity contribution is 0.0811. The van der Waals surface area contributed by atoms with Crippen molar-refractivity contribution in [2.45, 2.75) is 12.6 Å². The van der Waals surface area contributed by atoms with Gasteiger partial charge in [0.15, 0.2) is 6.29 Å². The number of hydrogen-bond acceptors (Lipinski definition) is 4. The highest BCUT2D eigenvalue weighted by atomic mass is 16.3. The SMILES string of the molecule is O=Cc1cn(CC(O)CO)cn1. The van der Waals surface area contributed by atoms with Gasteiger partial charge in [0, 0.05) is 6.20 Å². The Balaban J connectivity index is 2.57. The monoisotopic (exact) mass is 170 g/mol. The van der Waals surface area contributed by atoms with Crippen LogP contribution < -0.4 is 0 Å². The van der Waals surface area contributed by atoms with Crippen molar-refractivity contribution in [3.05, 3.63) is 18.2 Å². The molecule has 1 atom stereocenters. The fourth-order valence-electron chi connectivity index (χ4n) is 0.839. The highest BCUT2D eigenvalue weighted by Gasteiger charge is 2.03. The summed E-state index contributed by atoms with van der Waals surface area (Å²) in [5, 5.41) is 17.5. The third-order valence-corrected chi connectivity index (χ3v) is 1.41. The fourth-order valence-corrected chi connectivity index (χ4v) is 0.839. The summed E-state index contributed by atoms with van der Waals surface area (Å²) in [6.45, 7) is -0.0497. The molecule has 1 aromatic rings. The molecular weight excluding hydrogens is 160 g/mol. The predicted molar refractivity (Wildman–Crippen MR) is 40.7 cm³/mol. The molecule has 5 heteroatoms. The average molecular weight is 170 g/mol. The van der Waals surface area contributed by atoms with Crippen molar-refractivity contribution in [1.82, 2.24) is 9.55 Å². The lowest BCUT2D eigenvalue weighted by atomic mass is 10.4. The number of carbonyl (C=O) groups is 1. The van der Waals surface area contributed by atoms with Gasteiger partial charge < -0.3 is 14.8 Å². The number of carbonyl (C=O) groups excluding carboxylic acids is 1. The maximum Gasteiger partial charge on any atom is 0.169 e. The molecule has 0 saturated heterocycles. The molecule has 1 rings (SSSR count). The van der Waals surface area contributed by atoms with Crippen molar-refractivity contribution in [2.24, 2.45) is 0 Å². The number of imidazole rings is 1. The Morgan fingerprint density at radius 2 is 2.50 bits per heavy atom. The molecule has 1 unspecified atom stereocenters. The van der Waals surface area contributed by atoms with Crippen LogP contribution in [-0.4, -0.2) is 38.8 Å². The molecule has 2 N–H and O–H groups in total. The van der Waals surface area contributed by atoms with E-state index in [9.17, 15) is 4.79 Å². The summed E-state index contributed by atoms with van der Waals surface area (Å²) < 4.78 is 1.55. The topological polar surface area (TPSA) is 75.4 Å². The average Bonchev–Trinajstić information content (AvgIpc) is 2.52. The third kappa shape index (κ3) is 2.14. The van der Waals surface area contributed by atoms with Gasteiger partial charge in [-0.3, -0.25) is 4.79 Å². The van der Waals surface area contributed by atoms with Crippen molar-refractivity contribution in [3.8, 4) is 0 Å². The van der Waals surface area contributed by atoms with Crippen LogP contribution in [0.3, 0.4) is 0 Å². The smallest absolute Gasteiger partial charge is 0.169 e. The minimum absolute atomic E-state index is 0.247. The van der Waals surface area contributed by atoms with Crippen molar-refractivity contribution >= 4 is 6.29 Å². The van der Waals surface area contributed by atoms with Gasteiger partial charge in [-0.1, -0.05) is 0 Å². The van der Waals surface area contributed by atoms with Crippen LogP contribution in [0, 0.1) is 0 Å². The van der Waals surface area contributed by atoms with E-state index in [0.29, 0.717) is 12.0 Å². The van der Waals surface area contributed by atoms with Crippen molar-refractivity contribution in [3.63, 3.8) is 0 Å². The van der Waals surface area contributed by atoms with Crippen LogP contribution in [0.25, 0.3) is 0 Å². The van der Waals surface area contributed by atoms with Crippen LogP contribution in [0.15, 0.2) is 12.5 Å². The molecule has 0 saturated carbocycles. The van der Waals surface area contributed by atoms with Gasteiger partial charge >= 0.3 is 0 Å². The van der Waals surface area contributed by atoms with E-state index < -0.39 is 6.10 Å². The van der Waals surface area contributed by atoms with E-state index >= 15 is 0 Å². The Hall–Kier alpha value is -1.20. The largest absolute Gasteiger partial charge is 0.394 e. The number of aldehydes is 1. The van der Waals surface area contributed by atoms with Gasteiger partial charge in [0.1, 0.15) is 5.69 Å². The van der Waals surface area contributed by atoms with Crippen LogP contribution >= 0.6 is 0 Å². The molecule has 1 heterocycles. The van der Waals surface area contributed by atoms with Crippen LogP contribution in [0.1, 0.15) is 10.5 Å². The summed E-state index contributed by atoms with van der Waals surface area (Å²) in [5.74, 6) is 0. The van der Waals surface area contributed by atoms with Gasteiger partial charge in [-0.25, -0.2) is 4.98 Å². The van der Waals surface area contributed by atoms with Crippen LogP contribution in [0.2, 0.25) is 0 Å². The summed E-state index contributed by atoms with van der Waals surface area (Å²) >= 11 is 0. The van der Waals surface area contributed by atoms with Crippen LogP contribution in [0.5, 0.6) is 0 Å². The van der Waals surface area contributed by atoms with E-state index in [-0.39, 0.29) is 13.2 Å². The molecule has 0 bridgehead atoms. The van der Waals surface area contributed by atoms with Gasteiger partial charge in [-0.05, 0) is 0 Å². The first kappa shape index (κ1) is 8.89. The van der Waals surface area contributed by atoms with Gasteiger partial charge in [0.05, 0.1) is 25.6 Å². The lowest BCUT2D eigenvalue weighted by Gasteiger charge is -2.06. The molecular formula is C7H10N2O3. The minimum atomic E-state index is -0.807. The molecule has 0 aromatic carbocycles. The fraction of sp³-hybridized carbons (Fsp3) is 0.429. The number of hydrogen-bond donors (Lipinski definition) is 2. The predicted octanol–water partition coefficient (Wildman–Crippen LogP) is -0.951. The molecule has 0 aliphatic carbocycles. The molecule has 0 fully saturated rings. The normalized spacial score (nSPS) is 12.8. The van der Waals surface area contributed by atoms with Crippen molar-refractivity contribution in [2.75, 3.05) is 6.61 Å². The molecule has 0 amide bonds. The van der Waals surface area contributed by atoms with Crippen molar-refractivity contribution < 1.29 is 15.0 Å². The Morgan fingerprint density at radius 1 is 1.75 bits per heavy atom. The second kappa shape index (κ2) is 3.99. The molecule has 0 radical (unpaired) electrons. The lowest BCUT2D eigenvalue weighted by Crippen LogP contribution is -2.18. The Morgan fingerprint density at radius 3 is 3.00 bits per heavy atom. The third-order valence-electron chi connectivity index (χ3n) is 1.41. The van der Waals surface area contributed by atoms with E-state index in [0.717, 1.165) is 0 Å². The Kier molecular flexibility index (Phi) is 2.95. The quantitative estimate of drug-likeness (QED) is 0.571. The molecule has 12 heavy (non-hydrogen) atoms.